The largest absolute Gasteiger partial charge is 0.470 e. The van der Waals surface area contributed by atoms with Gasteiger partial charge in [0.05, 0.1) is 11.9 Å². The maximum absolute atomic E-state index is 13.4. The van der Waals surface area contributed by atoms with E-state index in [-0.39, 0.29) is 12.0 Å². The molecule has 0 aliphatic carbocycles. The Morgan fingerprint density at radius 2 is 1.94 bits per heavy atom. The zero-order valence-corrected chi connectivity index (χ0v) is 18.6. The van der Waals surface area contributed by atoms with E-state index in [2.05, 4.69) is 15.1 Å². The van der Waals surface area contributed by atoms with E-state index < -0.39 is 0 Å². The van der Waals surface area contributed by atoms with Crippen molar-refractivity contribution in [1.82, 2.24) is 20.0 Å². The molecule has 1 aliphatic heterocycles. The minimum atomic E-state index is -0.141. The van der Waals surface area contributed by atoms with E-state index in [1.165, 1.54) is 0 Å². The monoisotopic (exact) mass is 443 g/mol. The maximum Gasteiger partial charge on any atom is 0.257 e. The minimum Gasteiger partial charge on any atom is -0.470 e. The molecule has 1 atom stereocenters. The van der Waals surface area contributed by atoms with Gasteiger partial charge >= 0.3 is 0 Å². The summed E-state index contributed by atoms with van der Waals surface area (Å²) in [5, 5.41) is 4.98. The molecule has 168 valence electrons. The number of ether oxygens (including phenoxy) is 1. The van der Waals surface area contributed by atoms with Crippen LogP contribution in [0.2, 0.25) is 0 Å². The average Bonchev–Trinajstić information content (AvgIpc) is 3.28. The Balaban J connectivity index is 1.36. The predicted octanol–water partition coefficient (Wildman–Crippen LogP) is 4.03. The van der Waals surface area contributed by atoms with Gasteiger partial charge in [0, 0.05) is 44.2 Å². The first-order valence-electron chi connectivity index (χ1n) is 11.0. The molecule has 33 heavy (non-hydrogen) atoms. The van der Waals surface area contributed by atoms with Crippen LogP contribution >= 0.6 is 0 Å². The molecule has 1 aliphatic rings. The Morgan fingerprint density at radius 1 is 1.12 bits per heavy atom. The predicted molar refractivity (Wildman–Crippen MR) is 125 cm³/mol. The second-order valence-corrected chi connectivity index (χ2v) is 8.32. The quantitative estimate of drug-likeness (QED) is 0.460. The lowest BCUT2D eigenvalue weighted by Crippen LogP contribution is -2.44. The zero-order valence-electron chi connectivity index (χ0n) is 18.6. The molecule has 4 aromatic rings. The van der Waals surface area contributed by atoms with Crippen molar-refractivity contribution < 1.29 is 14.1 Å². The molecule has 0 saturated carbocycles. The number of benzene rings is 2. The Labute approximate surface area is 191 Å². The molecule has 1 unspecified atom stereocenters. The van der Waals surface area contributed by atoms with Crippen molar-refractivity contribution in [2.24, 2.45) is 0 Å². The molecular formula is C25H25N5O3. The average molecular weight is 444 g/mol. The van der Waals surface area contributed by atoms with Gasteiger partial charge < -0.3 is 19.1 Å². The van der Waals surface area contributed by atoms with Gasteiger partial charge in [-0.15, -0.1) is 0 Å². The fourth-order valence-electron chi connectivity index (χ4n) is 4.14. The van der Waals surface area contributed by atoms with Gasteiger partial charge in [0.25, 0.3) is 11.8 Å². The number of hydrogen-bond acceptors (Lipinski definition) is 7. The number of piperidine rings is 1. The second-order valence-electron chi connectivity index (χ2n) is 8.32. The number of anilines is 1. The molecule has 2 aromatic carbocycles. The summed E-state index contributed by atoms with van der Waals surface area (Å²) in [6, 6.07) is 15.3. The van der Waals surface area contributed by atoms with Gasteiger partial charge in [-0.3, -0.25) is 4.79 Å². The second kappa shape index (κ2) is 8.90. The molecule has 0 radical (unpaired) electrons. The summed E-state index contributed by atoms with van der Waals surface area (Å²) < 4.78 is 11.7. The number of likely N-dealkylation sites (tertiary alicyclic amines) is 1. The van der Waals surface area contributed by atoms with Crippen molar-refractivity contribution in [3.05, 3.63) is 66.5 Å². The molecule has 2 aromatic heterocycles. The minimum absolute atomic E-state index is 0.0302. The van der Waals surface area contributed by atoms with Crippen LogP contribution in [0.3, 0.4) is 0 Å². The SMILES string of the molecule is CN(C)c1nccnc1OC1CCCN(C(=O)c2ccc3noc(-c4ccccc4)c3c2)C1. The van der Waals surface area contributed by atoms with Crippen LogP contribution in [0.25, 0.3) is 22.2 Å². The zero-order chi connectivity index (χ0) is 22.8. The van der Waals surface area contributed by atoms with Crippen molar-refractivity contribution in [1.29, 1.82) is 0 Å². The Hall–Kier alpha value is -3.94. The normalized spacial score (nSPS) is 16.1. The van der Waals surface area contributed by atoms with Gasteiger partial charge in [-0.1, -0.05) is 35.5 Å². The topological polar surface area (TPSA) is 84.6 Å². The molecule has 0 spiro atoms. The van der Waals surface area contributed by atoms with Crippen molar-refractivity contribution in [2.45, 2.75) is 18.9 Å². The lowest BCUT2D eigenvalue weighted by Gasteiger charge is -2.33. The summed E-state index contributed by atoms with van der Waals surface area (Å²) in [7, 11) is 3.80. The molecule has 5 rings (SSSR count). The van der Waals surface area contributed by atoms with Gasteiger partial charge in [0.1, 0.15) is 11.6 Å². The van der Waals surface area contributed by atoms with Crippen LogP contribution in [0.4, 0.5) is 5.82 Å². The number of carbonyl (C=O) groups excluding carboxylic acids is 1. The molecule has 3 heterocycles. The third-order valence-electron chi connectivity index (χ3n) is 5.77. The first-order valence-corrected chi connectivity index (χ1v) is 11.0. The van der Waals surface area contributed by atoms with Crippen LogP contribution in [-0.2, 0) is 0 Å². The molecular weight excluding hydrogens is 418 g/mol. The van der Waals surface area contributed by atoms with Crippen LogP contribution in [0.5, 0.6) is 5.88 Å². The summed E-state index contributed by atoms with van der Waals surface area (Å²) >= 11 is 0. The van der Waals surface area contributed by atoms with E-state index in [1.54, 1.807) is 18.5 Å². The summed E-state index contributed by atoms with van der Waals surface area (Å²) in [6.07, 6.45) is 4.84. The van der Waals surface area contributed by atoms with Gasteiger partial charge in [-0.25, -0.2) is 9.97 Å². The van der Waals surface area contributed by atoms with Crippen LogP contribution in [0.15, 0.2) is 65.4 Å². The molecule has 1 fully saturated rings. The van der Waals surface area contributed by atoms with Crippen molar-refractivity contribution in [3.63, 3.8) is 0 Å². The van der Waals surface area contributed by atoms with E-state index in [4.69, 9.17) is 9.26 Å². The Morgan fingerprint density at radius 3 is 2.76 bits per heavy atom. The summed E-state index contributed by atoms with van der Waals surface area (Å²) in [5.41, 5.74) is 2.26. The number of hydrogen-bond donors (Lipinski definition) is 0. The van der Waals surface area contributed by atoms with Gasteiger partial charge in [-0.05, 0) is 31.0 Å². The number of aromatic nitrogens is 3. The first kappa shape index (κ1) is 20.9. The fourth-order valence-corrected chi connectivity index (χ4v) is 4.14. The van der Waals surface area contributed by atoms with E-state index in [0.717, 1.165) is 29.3 Å². The Kier molecular flexibility index (Phi) is 5.64. The molecule has 8 nitrogen and oxygen atoms in total. The lowest BCUT2D eigenvalue weighted by molar-refractivity contribution is 0.0528. The maximum atomic E-state index is 13.4. The van der Waals surface area contributed by atoms with E-state index in [0.29, 0.717) is 36.1 Å². The van der Waals surface area contributed by atoms with Crippen LogP contribution in [0.1, 0.15) is 23.2 Å². The molecule has 8 heteroatoms. The van der Waals surface area contributed by atoms with Crippen LogP contribution in [-0.4, -0.2) is 59.2 Å². The number of fused-ring (bicyclic) bond motifs is 1. The first-order chi connectivity index (χ1) is 16.1. The highest BCUT2D eigenvalue weighted by Crippen LogP contribution is 2.30. The number of amides is 1. The van der Waals surface area contributed by atoms with Crippen LogP contribution in [0, 0.1) is 0 Å². The standard InChI is InChI=1S/C25H25N5O3/c1-29(2)23-24(27-13-12-26-23)32-19-9-6-14-30(16-19)25(31)18-10-11-21-20(15-18)22(33-28-21)17-7-4-3-5-8-17/h3-5,7-8,10-13,15,19H,6,9,14,16H2,1-2H3. The van der Waals surface area contributed by atoms with Crippen molar-refractivity contribution in [2.75, 3.05) is 32.1 Å². The highest BCUT2D eigenvalue weighted by atomic mass is 16.5. The number of nitrogens with zero attached hydrogens (tertiary/aromatic N) is 5. The third-order valence-corrected chi connectivity index (χ3v) is 5.77. The van der Waals surface area contributed by atoms with Crippen LogP contribution < -0.4 is 9.64 Å². The van der Waals surface area contributed by atoms with Gasteiger partial charge in [0.2, 0.25) is 0 Å². The summed E-state index contributed by atoms with van der Waals surface area (Å²) in [4.78, 5) is 25.8. The third kappa shape index (κ3) is 4.24. The molecule has 1 amide bonds. The molecule has 1 saturated heterocycles. The number of rotatable bonds is 5. The highest BCUT2D eigenvalue weighted by Gasteiger charge is 2.27. The van der Waals surface area contributed by atoms with Crippen molar-refractivity contribution in [3.8, 4) is 17.2 Å². The Bertz CT molecular complexity index is 1270. The summed E-state index contributed by atoms with van der Waals surface area (Å²) in [6.45, 7) is 1.18. The highest BCUT2D eigenvalue weighted by molar-refractivity contribution is 6.01. The van der Waals surface area contributed by atoms with Crippen molar-refractivity contribution >= 4 is 22.6 Å². The molecule has 0 N–H and O–H groups in total. The van der Waals surface area contributed by atoms with Gasteiger partial charge in [0.15, 0.2) is 11.6 Å². The smallest absolute Gasteiger partial charge is 0.257 e. The lowest BCUT2D eigenvalue weighted by atomic mass is 10.0. The van der Waals surface area contributed by atoms with Gasteiger partial charge in [-0.2, -0.15) is 0 Å². The van der Waals surface area contributed by atoms with E-state index >= 15 is 0 Å². The summed E-state index contributed by atoms with van der Waals surface area (Å²) in [5.74, 6) is 1.80. The molecule has 0 bridgehead atoms. The van der Waals surface area contributed by atoms with E-state index in [1.807, 2.05) is 66.4 Å². The fraction of sp³-hybridized carbons (Fsp3) is 0.280. The van der Waals surface area contributed by atoms with E-state index in [9.17, 15) is 4.79 Å². The number of carbonyl (C=O) groups is 1.